The van der Waals surface area contributed by atoms with Crippen LogP contribution in [0.25, 0.3) is 0 Å². The van der Waals surface area contributed by atoms with Crippen LogP contribution in [0.4, 0.5) is 17.6 Å². The number of nitrogens with two attached hydrogens (primary N) is 1. The second-order valence-corrected chi connectivity index (χ2v) is 4.89. The summed E-state index contributed by atoms with van der Waals surface area (Å²) in [4.78, 5) is 14.9. The van der Waals surface area contributed by atoms with Crippen molar-refractivity contribution in [2.24, 2.45) is 0 Å². The van der Waals surface area contributed by atoms with Crippen LogP contribution in [0.3, 0.4) is 0 Å². The summed E-state index contributed by atoms with van der Waals surface area (Å²) >= 11 is 0. The van der Waals surface area contributed by atoms with Crippen LogP contribution >= 0.6 is 0 Å². The van der Waals surface area contributed by atoms with Crippen molar-refractivity contribution in [1.29, 1.82) is 0 Å². The zero-order chi connectivity index (χ0) is 15.1. The van der Waals surface area contributed by atoms with Crippen molar-refractivity contribution in [1.82, 2.24) is 15.0 Å². The molecule has 0 aliphatic heterocycles. The minimum absolute atomic E-state index is 0.288. The largest absolute Gasteiger partial charge is 0.370 e. The van der Waals surface area contributed by atoms with E-state index in [0.29, 0.717) is 0 Å². The molecule has 2 rings (SSSR count). The number of rotatable bonds is 7. The predicted molar refractivity (Wildman–Crippen MR) is 86.4 cm³/mol. The molecule has 0 bridgehead atoms. The Morgan fingerprint density at radius 1 is 1.29 bits per heavy atom. The molecule has 0 radical (unpaired) electrons. The zero-order valence-electron chi connectivity index (χ0n) is 12.6. The van der Waals surface area contributed by atoms with Gasteiger partial charge in [0, 0.05) is 44.5 Å². The Hall–Kier alpha value is -2.37. The predicted octanol–water partition coefficient (Wildman–Crippen LogP) is 1.95. The van der Waals surface area contributed by atoms with E-state index in [1.807, 2.05) is 37.5 Å². The molecule has 0 saturated heterocycles. The number of hydrogen-bond donors (Lipinski definition) is 2. The van der Waals surface area contributed by atoms with Gasteiger partial charge in [-0.25, -0.2) is 0 Å². The first-order valence-corrected chi connectivity index (χ1v) is 7.18. The van der Waals surface area contributed by atoms with Gasteiger partial charge in [-0.1, -0.05) is 13.0 Å². The molecular formula is C15H22N6. The number of anilines is 3. The molecule has 0 aromatic carbocycles. The molecule has 0 aliphatic rings. The van der Waals surface area contributed by atoms with Crippen molar-refractivity contribution in [3.8, 4) is 0 Å². The van der Waals surface area contributed by atoms with Gasteiger partial charge < -0.3 is 16.0 Å². The van der Waals surface area contributed by atoms with Gasteiger partial charge in [-0.15, -0.1) is 0 Å². The summed E-state index contributed by atoms with van der Waals surface area (Å²) in [5.41, 5.74) is 6.84. The fourth-order valence-electron chi connectivity index (χ4n) is 1.93. The highest BCUT2D eigenvalue weighted by molar-refractivity contribution is 5.52. The van der Waals surface area contributed by atoms with Crippen LogP contribution in [0.2, 0.25) is 0 Å². The van der Waals surface area contributed by atoms with E-state index in [9.17, 15) is 0 Å². The van der Waals surface area contributed by atoms with Gasteiger partial charge in [0.1, 0.15) is 11.6 Å². The molecule has 6 nitrogen and oxygen atoms in total. The summed E-state index contributed by atoms with van der Waals surface area (Å²) in [7, 11) is 1.99. The standard InChI is InChI=1S/C15H22N6/c1-3-8-18-13-11-14(20-15(16)19-13)21(2)10-7-12-6-4-5-9-17-12/h4-6,9,11H,3,7-8,10H2,1-2H3,(H3,16,18,19,20). The molecule has 0 spiro atoms. The third kappa shape index (κ3) is 4.59. The average molecular weight is 286 g/mol. The normalized spacial score (nSPS) is 10.4. The van der Waals surface area contributed by atoms with Crippen molar-refractivity contribution in [2.75, 3.05) is 36.1 Å². The van der Waals surface area contributed by atoms with Crippen LogP contribution in [0.5, 0.6) is 0 Å². The highest BCUT2D eigenvalue weighted by atomic mass is 15.2. The summed E-state index contributed by atoms with van der Waals surface area (Å²) in [6, 6.07) is 7.86. The number of nitrogens with one attached hydrogen (secondary N) is 1. The molecule has 3 N–H and O–H groups in total. The van der Waals surface area contributed by atoms with Crippen molar-refractivity contribution >= 4 is 17.6 Å². The van der Waals surface area contributed by atoms with E-state index in [2.05, 4.69) is 32.1 Å². The molecule has 0 unspecified atom stereocenters. The molecular weight excluding hydrogens is 264 g/mol. The molecule has 21 heavy (non-hydrogen) atoms. The maximum Gasteiger partial charge on any atom is 0.223 e. The number of pyridine rings is 1. The second-order valence-electron chi connectivity index (χ2n) is 4.89. The molecule has 112 valence electrons. The van der Waals surface area contributed by atoms with Crippen LogP contribution in [0.1, 0.15) is 19.0 Å². The van der Waals surface area contributed by atoms with Crippen molar-refractivity contribution < 1.29 is 0 Å². The van der Waals surface area contributed by atoms with E-state index in [1.165, 1.54) is 0 Å². The Morgan fingerprint density at radius 3 is 2.86 bits per heavy atom. The number of hydrogen-bond acceptors (Lipinski definition) is 6. The molecule has 2 aromatic rings. The Bertz CT molecular complexity index is 557. The van der Waals surface area contributed by atoms with Crippen LogP contribution < -0.4 is 16.0 Å². The van der Waals surface area contributed by atoms with Gasteiger partial charge in [-0.2, -0.15) is 9.97 Å². The molecule has 6 heteroatoms. The molecule has 0 aliphatic carbocycles. The molecule has 0 fully saturated rings. The van der Waals surface area contributed by atoms with Crippen molar-refractivity contribution in [2.45, 2.75) is 19.8 Å². The SMILES string of the molecule is CCCNc1cc(N(C)CCc2ccccn2)nc(N)n1. The van der Waals surface area contributed by atoms with E-state index in [-0.39, 0.29) is 5.95 Å². The molecule has 2 aromatic heterocycles. The lowest BCUT2D eigenvalue weighted by Gasteiger charge is -2.19. The van der Waals surface area contributed by atoms with Crippen molar-refractivity contribution in [3.63, 3.8) is 0 Å². The quantitative estimate of drug-likeness (QED) is 0.810. The van der Waals surface area contributed by atoms with Crippen LogP contribution in [0.15, 0.2) is 30.5 Å². The van der Waals surface area contributed by atoms with E-state index >= 15 is 0 Å². The molecule has 0 saturated carbocycles. The third-order valence-electron chi connectivity index (χ3n) is 3.11. The number of nitrogens with zero attached hydrogens (tertiary/aromatic N) is 4. The van der Waals surface area contributed by atoms with Gasteiger partial charge in [0.15, 0.2) is 0 Å². The van der Waals surface area contributed by atoms with Gasteiger partial charge in [0.05, 0.1) is 0 Å². The van der Waals surface area contributed by atoms with E-state index in [4.69, 9.17) is 5.73 Å². The second kappa shape index (κ2) is 7.42. The first kappa shape index (κ1) is 15.0. The first-order chi connectivity index (χ1) is 10.2. The minimum Gasteiger partial charge on any atom is -0.370 e. The number of likely N-dealkylation sites (N-methyl/N-ethyl adjacent to an activating group) is 1. The number of aromatic nitrogens is 3. The summed E-state index contributed by atoms with van der Waals surface area (Å²) in [6.45, 7) is 3.80. The third-order valence-corrected chi connectivity index (χ3v) is 3.11. The summed E-state index contributed by atoms with van der Waals surface area (Å²) in [5, 5.41) is 3.23. The first-order valence-electron chi connectivity index (χ1n) is 7.18. The van der Waals surface area contributed by atoms with Crippen LogP contribution in [-0.2, 0) is 6.42 Å². The van der Waals surface area contributed by atoms with E-state index in [1.54, 1.807) is 0 Å². The lowest BCUT2D eigenvalue weighted by atomic mass is 10.2. The van der Waals surface area contributed by atoms with E-state index < -0.39 is 0 Å². The van der Waals surface area contributed by atoms with Gasteiger partial charge in [0.25, 0.3) is 0 Å². The van der Waals surface area contributed by atoms with Crippen LogP contribution in [0, 0.1) is 0 Å². The number of nitrogen functional groups attached to an aromatic ring is 1. The van der Waals surface area contributed by atoms with Crippen molar-refractivity contribution in [3.05, 3.63) is 36.2 Å². The lowest BCUT2D eigenvalue weighted by Crippen LogP contribution is -2.22. The highest BCUT2D eigenvalue weighted by Gasteiger charge is 2.07. The van der Waals surface area contributed by atoms with Crippen LogP contribution in [-0.4, -0.2) is 35.1 Å². The van der Waals surface area contributed by atoms with Gasteiger partial charge in [-0.05, 0) is 18.6 Å². The smallest absolute Gasteiger partial charge is 0.223 e. The highest BCUT2D eigenvalue weighted by Crippen LogP contribution is 2.16. The molecule has 0 amide bonds. The minimum atomic E-state index is 0.288. The maximum absolute atomic E-state index is 5.77. The topological polar surface area (TPSA) is 80.0 Å². The monoisotopic (exact) mass is 286 g/mol. The molecule has 0 atom stereocenters. The molecule has 2 heterocycles. The Kier molecular flexibility index (Phi) is 5.31. The summed E-state index contributed by atoms with van der Waals surface area (Å²) in [5.74, 6) is 1.87. The fourth-order valence-corrected chi connectivity index (χ4v) is 1.93. The Labute approximate surface area is 125 Å². The Balaban J connectivity index is 2.01. The Morgan fingerprint density at radius 2 is 2.14 bits per heavy atom. The summed E-state index contributed by atoms with van der Waals surface area (Å²) in [6.07, 6.45) is 3.71. The van der Waals surface area contributed by atoms with E-state index in [0.717, 1.165) is 43.3 Å². The van der Waals surface area contributed by atoms with Gasteiger partial charge in [0.2, 0.25) is 5.95 Å². The fraction of sp³-hybridized carbons (Fsp3) is 0.400. The van der Waals surface area contributed by atoms with Gasteiger partial charge >= 0.3 is 0 Å². The average Bonchev–Trinajstić information content (AvgIpc) is 2.51. The lowest BCUT2D eigenvalue weighted by molar-refractivity contribution is 0.837. The maximum atomic E-state index is 5.77. The zero-order valence-corrected chi connectivity index (χ0v) is 12.6. The summed E-state index contributed by atoms with van der Waals surface area (Å²) < 4.78 is 0. The van der Waals surface area contributed by atoms with Gasteiger partial charge in [-0.3, -0.25) is 4.98 Å².